The molecule has 0 fully saturated rings. The quantitative estimate of drug-likeness (QED) is 0.937. The number of anilines is 1. The van der Waals surface area contributed by atoms with Crippen LogP contribution in [0, 0.1) is 0 Å². The highest BCUT2D eigenvalue weighted by molar-refractivity contribution is 6.04. The zero-order valence-corrected chi connectivity index (χ0v) is 11.7. The maximum Gasteiger partial charge on any atom is 0.449 e. The molecule has 1 amide bonds. The topological polar surface area (TPSA) is 60.7 Å². The van der Waals surface area contributed by atoms with Crippen molar-refractivity contribution in [1.29, 1.82) is 0 Å². The van der Waals surface area contributed by atoms with Crippen LogP contribution in [0.4, 0.5) is 18.9 Å². The molecule has 0 spiro atoms. The minimum Gasteiger partial charge on any atom is -0.494 e. The van der Waals surface area contributed by atoms with Crippen LogP contribution < -0.4 is 14.8 Å². The Hall–Kier alpha value is -2.64. The van der Waals surface area contributed by atoms with Gasteiger partial charge in [-0.1, -0.05) is 6.07 Å². The Labute approximate surface area is 123 Å². The molecule has 0 saturated carbocycles. The third-order valence-corrected chi connectivity index (χ3v) is 2.78. The van der Waals surface area contributed by atoms with Gasteiger partial charge < -0.3 is 19.2 Å². The van der Waals surface area contributed by atoms with Gasteiger partial charge in [-0.25, -0.2) is 0 Å². The lowest BCUT2D eigenvalue weighted by Gasteiger charge is -2.13. The van der Waals surface area contributed by atoms with Gasteiger partial charge in [-0.2, -0.15) is 13.2 Å². The molecule has 0 aliphatic heterocycles. The highest BCUT2D eigenvalue weighted by Crippen LogP contribution is 2.35. The number of para-hydroxylation sites is 1. The van der Waals surface area contributed by atoms with Crippen molar-refractivity contribution in [3.05, 3.63) is 41.9 Å². The molecule has 1 N–H and O–H groups in total. The van der Waals surface area contributed by atoms with Gasteiger partial charge in [0.05, 0.1) is 14.2 Å². The largest absolute Gasteiger partial charge is 0.494 e. The molecule has 1 heterocycles. The van der Waals surface area contributed by atoms with E-state index in [0.717, 1.165) is 6.07 Å². The molecule has 0 aliphatic rings. The van der Waals surface area contributed by atoms with Crippen LogP contribution in [0.15, 0.2) is 34.7 Å². The maximum absolute atomic E-state index is 12.5. The van der Waals surface area contributed by atoms with E-state index in [9.17, 15) is 18.0 Å². The summed E-state index contributed by atoms with van der Waals surface area (Å²) in [5.41, 5.74) is 0.197. The summed E-state index contributed by atoms with van der Waals surface area (Å²) in [7, 11) is 2.78. The molecular weight excluding hydrogens is 303 g/mol. The van der Waals surface area contributed by atoms with Gasteiger partial charge in [0.15, 0.2) is 5.76 Å². The van der Waals surface area contributed by atoms with Crippen LogP contribution in [0.1, 0.15) is 16.3 Å². The van der Waals surface area contributed by atoms with Gasteiger partial charge in [0, 0.05) is 0 Å². The van der Waals surface area contributed by atoms with Gasteiger partial charge >= 0.3 is 6.18 Å². The number of benzene rings is 1. The van der Waals surface area contributed by atoms with Crippen molar-refractivity contribution >= 4 is 11.6 Å². The molecule has 0 bridgehead atoms. The lowest BCUT2D eigenvalue weighted by Crippen LogP contribution is -2.13. The molecule has 1 aromatic heterocycles. The van der Waals surface area contributed by atoms with E-state index >= 15 is 0 Å². The summed E-state index contributed by atoms with van der Waals surface area (Å²) in [4.78, 5) is 12.0. The molecule has 0 atom stereocenters. The number of halogens is 3. The Balaban J connectivity index is 2.28. The number of ether oxygens (including phenoxy) is 2. The van der Waals surface area contributed by atoms with E-state index in [4.69, 9.17) is 9.47 Å². The Bertz CT molecular complexity index is 657. The zero-order valence-electron chi connectivity index (χ0n) is 11.7. The molecule has 2 rings (SSSR count). The lowest BCUT2D eigenvalue weighted by atomic mass is 10.2. The number of amides is 1. The van der Waals surface area contributed by atoms with Gasteiger partial charge in [0.2, 0.25) is 5.76 Å². The Kier molecular flexibility index (Phi) is 4.30. The standard InChI is InChI=1S/C14H12F3NO4/c1-20-8-4-3-5-9(21-2)12(8)18-13(19)10-6-7-11(22-10)14(15,16)17/h3-7H,1-2H3,(H,18,19). The van der Waals surface area contributed by atoms with Crippen molar-refractivity contribution in [2.75, 3.05) is 19.5 Å². The zero-order chi connectivity index (χ0) is 16.3. The molecular formula is C14H12F3NO4. The number of carbonyl (C=O) groups excluding carboxylic acids is 1. The fraction of sp³-hybridized carbons (Fsp3) is 0.214. The minimum absolute atomic E-state index is 0.197. The average molecular weight is 315 g/mol. The van der Waals surface area contributed by atoms with Crippen LogP contribution in [0.25, 0.3) is 0 Å². The van der Waals surface area contributed by atoms with Crippen LogP contribution in [-0.2, 0) is 6.18 Å². The summed E-state index contributed by atoms with van der Waals surface area (Å²) >= 11 is 0. The number of nitrogens with one attached hydrogen (secondary N) is 1. The van der Waals surface area contributed by atoms with Gasteiger partial charge in [-0.05, 0) is 24.3 Å². The van der Waals surface area contributed by atoms with Gasteiger partial charge in [0.25, 0.3) is 5.91 Å². The molecule has 22 heavy (non-hydrogen) atoms. The monoisotopic (exact) mass is 315 g/mol. The first kappa shape index (κ1) is 15.7. The van der Waals surface area contributed by atoms with Gasteiger partial charge in [0.1, 0.15) is 17.2 Å². The fourth-order valence-corrected chi connectivity index (χ4v) is 1.76. The van der Waals surface area contributed by atoms with Crippen molar-refractivity contribution in [2.24, 2.45) is 0 Å². The number of hydrogen-bond acceptors (Lipinski definition) is 4. The van der Waals surface area contributed by atoms with Crippen LogP contribution in [-0.4, -0.2) is 20.1 Å². The van der Waals surface area contributed by atoms with E-state index < -0.39 is 23.6 Å². The summed E-state index contributed by atoms with van der Waals surface area (Å²) < 4.78 is 52.1. The number of carbonyl (C=O) groups is 1. The summed E-state index contributed by atoms with van der Waals surface area (Å²) in [6.45, 7) is 0. The number of rotatable bonds is 4. The highest BCUT2D eigenvalue weighted by atomic mass is 19.4. The summed E-state index contributed by atoms with van der Waals surface area (Å²) in [6, 6.07) is 6.42. The van der Waals surface area contributed by atoms with Crippen LogP contribution >= 0.6 is 0 Å². The Morgan fingerprint density at radius 3 is 2.14 bits per heavy atom. The summed E-state index contributed by atoms with van der Waals surface area (Å²) in [5, 5.41) is 2.41. The molecule has 1 aromatic carbocycles. The number of alkyl halides is 3. The number of furan rings is 1. The van der Waals surface area contributed by atoms with E-state index in [2.05, 4.69) is 9.73 Å². The predicted molar refractivity (Wildman–Crippen MR) is 71.2 cm³/mol. The number of hydrogen-bond donors (Lipinski definition) is 1. The van der Waals surface area contributed by atoms with E-state index in [-0.39, 0.29) is 5.69 Å². The van der Waals surface area contributed by atoms with E-state index in [1.165, 1.54) is 14.2 Å². The van der Waals surface area contributed by atoms with E-state index in [0.29, 0.717) is 17.6 Å². The Morgan fingerprint density at radius 2 is 1.68 bits per heavy atom. The van der Waals surface area contributed by atoms with Crippen molar-refractivity contribution in [2.45, 2.75) is 6.18 Å². The summed E-state index contributed by atoms with van der Waals surface area (Å²) in [6.07, 6.45) is -4.65. The van der Waals surface area contributed by atoms with Crippen LogP contribution in [0.2, 0.25) is 0 Å². The van der Waals surface area contributed by atoms with Crippen molar-refractivity contribution < 1.29 is 31.9 Å². The highest BCUT2D eigenvalue weighted by Gasteiger charge is 2.35. The van der Waals surface area contributed by atoms with Crippen molar-refractivity contribution in [3.63, 3.8) is 0 Å². The third-order valence-electron chi connectivity index (χ3n) is 2.78. The molecule has 0 unspecified atom stereocenters. The van der Waals surface area contributed by atoms with Crippen molar-refractivity contribution in [3.8, 4) is 11.5 Å². The van der Waals surface area contributed by atoms with E-state index in [1.54, 1.807) is 18.2 Å². The van der Waals surface area contributed by atoms with E-state index in [1.807, 2.05) is 0 Å². The molecule has 0 radical (unpaired) electrons. The average Bonchev–Trinajstić information content (AvgIpc) is 2.97. The maximum atomic E-state index is 12.5. The second-order valence-corrected chi connectivity index (χ2v) is 4.15. The first-order chi connectivity index (χ1) is 10.4. The Morgan fingerprint density at radius 1 is 1.09 bits per heavy atom. The molecule has 2 aromatic rings. The predicted octanol–water partition coefficient (Wildman–Crippen LogP) is 3.57. The lowest BCUT2D eigenvalue weighted by molar-refractivity contribution is -0.153. The smallest absolute Gasteiger partial charge is 0.449 e. The normalized spacial score (nSPS) is 11.1. The van der Waals surface area contributed by atoms with Gasteiger partial charge in [-0.15, -0.1) is 0 Å². The van der Waals surface area contributed by atoms with Crippen molar-refractivity contribution in [1.82, 2.24) is 0 Å². The minimum atomic E-state index is -4.65. The first-order valence-corrected chi connectivity index (χ1v) is 6.06. The SMILES string of the molecule is COc1cccc(OC)c1NC(=O)c1ccc(C(F)(F)F)o1. The molecule has 118 valence electrons. The third kappa shape index (κ3) is 3.16. The molecule has 0 aliphatic carbocycles. The molecule has 0 saturated heterocycles. The van der Waals surface area contributed by atoms with Crippen LogP contribution in [0.3, 0.4) is 0 Å². The number of methoxy groups -OCH3 is 2. The summed E-state index contributed by atoms with van der Waals surface area (Å²) in [5.74, 6) is -1.96. The fourth-order valence-electron chi connectivity index (χ4n) is 1.76. The first-order valence-electron chi connectivity index (χ1n) is 6.06. The second-order valence-electron chi connectivity index (χ2n) is 4.15. The van der Waals surface area contributed by atoms with Crippen LogP contribution in [0.5, 0.6) is 11.5 Å². The molecule has 8 heteroatoms. The van der Waals surface area contributed by atoms with Gasteiger partial charge in [-0.3, -0.25) is 4.79 Å². The second kappa shape index (κ2) is 6.00. The molecule has 5 nitrogen and oxygen atoms in total.